The van der Waals surface area contributed by atoms with Crippen molar-refractivity contribution in [3.8, 4) is 11.5 Å². The minimum absolute atomic E-state index is 0.0982. The predicted octanol–water partition coefficient (Wildman–Crippen LogP) is 2.33. The minimum Gasteiger partial charge on any atom is -0.495 e. The summed E-state index contributed by atoms with van der Waals surface area (Å²) in [7, 11) is -5.52. The van der Waals surface area contributed by atoms with Gasteiger partial charge in [0.15, 0.2) is 11.6 Å². The maximum absolute atomic E-state index is 13.9. The molecule has 0 aliphatic heterocycles. The smallest absolute Gasteiger partial charge is 0.262 e. The summed E-state index contributed by atoms with van der Waals surface area (Å²) in [5.74, 6) is -0.861. The lowest BCUT2D eigenvalue weighted by atomic mass is 10.3. The van der Waals surface area contributed by atoms with Crippen molar-refractivity contribution in [1.82, 2.24) is 4.72 Å². The van der Waals surface area contributed by atoms with E-state index in [0.717, 1.165) is 18.2 Å². The molecular weight excluding hydrogens is 411 g/mol. The van der Waals surface area contributed by atoms with Crippen LogP contribution in [0.1, 0.15) is 13.8 Å². The highest BCUT2D eigenvalue weighted by Gasteiger charge is 2.22. The normalized spacial score (nSPS) is 12.1. The third-order valence-corrected chi connectivity index (χ3v) is 6.57. The number of anilines is 1. The summed E-state index contributed by atoms with van der Waals surface area (Å²) in [5.41, 5.74) is -0.106. The Hall–Kier alpha value is -2.37. The van der Waals surface area contributed by atoms with Crippen LogP contribution in [-0.4, -0.2) is 37.1 Å². The second kappa shape index (κ2) is 8.33. The van der Waals surface area contributed by atoms with E-state index in [1.54, 1.807) is 13.8 Å². The van der Waals surface area contributed by atoms with Gasteiger partial charge in [0.05, 0.1) is 29.7 Å². The Morgan fingerprint density at radius 2 is 1.39 bits per heavy atom. The van der Waals surface area contributed by atoms with E-state index in [2.05, 4.69) is 9.44 Å². The Bertz CT molecular complexity index is 1070. The van der Waals surface area contributed by atoms with Crippen molar-refractivity contribution in [3.05, 3.63) is 42.2 Å². The molecule has 154 valence electrons. The molecule has 0 atom stereocenters. The van der Waals surface area contributed by atoms with Gasteiger partial charge in [-0.2, -0.15) is 0 Å². The first-order valence-electron chi connectivity index (χ1n) is 8.07. The van der Waals surface area contributed by atoms with Gasteiger partial charge in [0.2, 0.25) is 10.0 Å². The average Bonchev–Trinajstić information content (AvgIpc) is 2.60. The number of hydrogen-bond donors (Lipinski definition) is 2. The number of ether oxygens (including phenoxy) is 2. The van der Waals surface area contributed by atoms with E-state index in [1.165, 1.54) is 32.4 Å². The maximum Gasteiger partial charge on any atom is 0.262 e. The van der Waals surface area contributed by atoms with Gasteiger partial charge in [-0.15, -0.1) is 0 Å². The summed E-state index contributed by atoms with van der Waals surface area (Å²) in [4.78, 5) is -0.512. The lowest BCUT2D eigenvalue weighted by Crippen LogP contribution is -2.30. The van der Waals surface area contributed by atoms with Gasteiger partial charge < -0.3 is 9.47 Å². The van der Waals surface area contributed by atoms with Crippen LogP contribution in [0.3, 0.4) is 0 Å². The van der Waals surface area contributed by atoms with Gasteiger partial charge >= 0.3 is 0 Å². The summed E-state index contributed by atoms with van der Waals surface area (Å²) in [6, 6.07) is 6.52. The number of nitrogens with one attached hydrogen (secondary N) is 2. The van der Waals surface area contributed by atoms with Gasteiger partial charge in [-0.1, -0.05) is 0 Å². The van der Waals surface area contributed by atoms with Crippen molar-refractivity contribution in [2.45, 2.75) is 29.7 Å². The zero-order valence-electron chi connectivity index (χ0n) is 15.7. The first-order chi connectivity index (χ1) is 13.0. The fourth-order valence-electron chi connectivity index (χ4n) is 2.33. The van der Waals surface area contributed by atoms with Gasteiger partial charge in [0, 0.05) is 6.04 Å². The lowest BCUT2D eigenvalue weighted by molar-refractivity contribution is 0.385. The largest absolute Gasteiger partial charge is 0.495 e. The molecule has 2 aromatic rings. The molecule has 0 aliphatic carbocycles. The van der Waals surface area contributed by atoms with Gasteiger partial charge in [0.25, 0.3) is 10.0 Å². The third-order valence-electron chi connectivity index (χ3n) is 3.55. The molecule has 0 unspecified atom stereocenters. The molecule has 0 amide bonds. The van der Waals surface area contributed by atoms with Crippen LogP contribution in [0.5, 0.6) is 11.5 Å². The van der Waals surface area contributed by atoms with Crippen LogP contribution in [0.4, 0.5) is 10.1 Å². The van der Waals surface area contributed by atoms with Crippen LogP contribution < -0.4 is 18.9 Å². The molecule has 2 aromatic carbocycles. The molecule has 2 rings (SSSR count). The van der Waals surface area contributed by atoms with Crippen LogP contribution in [0.2, 0.25) is 0 Å². The Labute approximate surface area is 163 Å². The lowest BCUT2D eigenvalue weighted by Gasteiger charge is -2.15. The van der Waals surface area contributed by atoms with Crippen molar-refractivity contribution in [1.29, 1.82) is 0 Å². The van der Waals surface area contributed by atoms with E-state index in [-0.39, 0.29) is 33.0 Å². The van der Waals surface area contributed by atoms with Crippen LogP contribution in [0.25, 0.3) is 0 Å². The molecule has 11 heteroatoms. The monoisotopic (exact) mass is 432 g/mol. The maximum atomic E-state index is 13.9. The second-order valence-corrected chi connectivity index (χ2v) is 9.44. The highest BCUT2D eigenvalue weighted by atomic mass is 32.2. The second-order valence-electron chi connectivity index (χ2n) is 6.04. The summed E-state index contributed by atoms with van der Waals surface area (Å²) in [6.07, 6.45) is 0. The van der Waals surface area contributed by atoms with Crippen molar-refractivity contribution in [2.75, 3.05) is 18.9 Å². The molecule has 0 saturated carbocycles. The number of rotatable bonds is 8. The number of hydrogen-bond acceptors (Lipinski definition) is 6. The highest BCUT2D eigenvalue weighted by Crippen LogP contribution is 2.30. The van der Waals surface area contributed by atoms with E-state index in [1.807, 2.05) is 0 Å². The number of halogens is 1. The van der Waals surface area contributed by atoms with E-state index in [4.69, 9.17) is 9.47 Å². The molecule has 2 N–H and O–H groups in total. The Kier molecular flexibility index (Phi) is 6.52. The van der Waals surface area contributed by atoms with E-state index in [0.29, 0.717) is 0 Å². The van der Waals surface area contributed by atoms with Crippen molar-refractivity contribution >= 4 is 25.7 Å². The topological polar surface area (TPSA) is 111 Å². The molecule has 0 spiro atoms. The summed E-state index contributed by atoms with van der Waals surface area (Å²) in [6.45, 7) is 3.31. The van der Waals surface area contributed by atoms with E-state index in [9.17, 15) is 21.2 Å². The molecular formula is C17H21FN2O6S2. The van der Waals surface area contributed by atoms with Gasteiger partial charge in [-0.05, 0) is 50.2 Å². The summed E-state index contributed by atoms with van der Waals surface area (Å²) < 4.78 is 78.3. The fourth-order valence-corrected chi connectivity index (χ4v) is 4.68. The number of sulfonamides is 2. The Morgan fingerprint density at radius 3 is 1.89 bits per heavy atom. The molecule has 0 saturated heterocycles. The van der Waals surface area contributed by atoms with Gasteiger partial charge in [0.1, 0.15) is 5.75 Å². The zero-order valence-corrected chi connectivity index (χ0v) is 17.3. The van der Waals surface area contributed by atoms with E-state index >= 15 is 0 Å². The number of methoxy groups -OCH3 is 2. The SMILES string of the molecule is COc1ccc(S(=O)(=O)Nc2cc(S(=O)(=O)NC(C)C)ccc2OC)cc1F. The molecule has 28 heavy (non-hydrogen) atoms. The third kappa shape index (κ3) is 4.91. The van der Waals surface area contributed by atoms with Crippen molar-refractivity contribution in [3.63, 3.8) is 0 Å². The molecule has 0 radical (unpaired) electrons. The first kappa shape index (κ1) is 21.9. The van der Waals surface area contributed by atoms with Crippen LogP contribution >= 0.6 is 0 Å². The Morgan fingerprint density at radius 1 is 0.857 bits per heavy atom. The quantitative estimate of drug-likeness (QED) is 0.662. The minimum atomic E-state index is -4.22. The molecule has 0 bridgehead atoms. The fraction of sp³-hybridized carbons (Fsp3) is 0.294. The average molecular weight is 432 g/mol. The standard InChI is InChI=1S/C17H21FN2O6S2/c1-11(2)19-27(21,22)13-6-8-17(26-4)15(10-13)20-28(23,24)12-5-7-16(25-3)14(18)9-12/h5-11,19-20H,1-4H3. The highest BCUT2D eigenvalue weighted by molar-refractivity contribution is 7.92. The molecule has 0 aliphatic rings. The van der Waals surface area contributed by atoms with Crippen LogP contribution in [0, 0.1) is 5.82 Å². The van der Waals surface area contributed by atoms with Gasteiger partial charge in [-0.25, -0.2) is 25.9 Å². The van der Waals surface area contributed by atoms with Crippen LogP contribution in [0.15, 0.2) is 46.2 Å². The van der Waals surface area contributed by atoms with Crippen LogP contribution in [-0.2, 0) is 20.0 Å². The molecule has 0 heterocycles. The Balaban J connectivity index is 2.46. The molecule has 8 nitrogen and oxygen atoms in total. The number of benzene rings is 2. The zero-order chi connectivity index (χ0) is 21.1. The summed E-state index contributed by atoms with van der Waals surface area (Å²) >= 11 is 0. The summed E-state index contributed by atoms with van der Waals surface area (Å²) in [5, 5.41) is 0. The van der Waals surface area contributed by atoms with Crippen molar-refractivity contribution in [2.24, 2.45) is 0 Å². The van der Waals surface area contributed by atoms with Crippen molar-refractivity contribution < 1.29 is 30.7 Å². The predicted molar refractivity (Wildman–Crippen MR) is 102 cm³/mol. The first-order valence-corrected chi connectivity index (χ1v) is 11.0. The molecule has 0 fully saturated rings. The van der Waals surface area contributed by atoms with Gasteiger partial charge in [-0.3, -0.25) is 4.72 Å². The molecule has 0 aromatic heterocycles. The van der Waals surface area contributed by atoms with E-state index < -0.39 is 25.9 Å².